The Bertz CT molecular complexity index is 317. The highest BCUT2D eigenvalue weighted by molar-refractivity contribution is 5.82. The topological polar surface area (TPSA) is 61.8 Å². The molecule has 0 aromatic rings. The summed E-state index contributed by atoms with van der Waals surface area (Å²) in [4.78, 5) is 14.9. The summed E-state index contributed by atoms with van der Waals surface area (Å²) >= 11 is 0. The Labute approximate surface area is 134 Å². The fourth-order valence-electron chi connectivity index (χ4n) is 3.65. The molecule has 1 saturated heterocycles. The van der Waals surface area contributed by atoms with Gasteiger partial charge in [-0.3, -0.25) is 9.69 Å². The first kappa shape index (κ1) is 17.7. The molecule has 2 aliphatic rings. The third-order valence-corrected chi connectivity index (χ3v) is 4.84. The van der Waals surface area contributed by atoms with Crippen molar-refractivity contribution in [2.75, 3.05) is 32.9 Å². The van der Waals surface area contributed by atoms with E-state index in [0.29, 0.717) is 19.3 Å². The standard InChI is InChI=1S/C17H32N2O3/c20-12-14-22-13-6-11-19-10-5-9-16(19)17(21)18-15-7-3-1-2-4-8-15/h15-16,20H,1-14H2,(H,18,21). The van der Waals surface area contributed by atoms with Crippen LogP contribution in [0.15, 0.2) is 0 Å². The first-order valence-corrected chi connectivity index (χ1v) is 9.04. The lowest BCUT2D eigenvalue weighted by molar-refractivity contribution is -0.126. The zero-order valence-electron chi connectivity index (χ0n) is 13.8. The fraction of sp³-hybridized carbons (Fsp3) is 0.941. The molecule has 0 radical (unpaired) electrons. The van der Waals surface area contributed by atoms with Crippen LogP contribution in [0.1, 0.15) is 57.8 Å². The van der Waals surface area contributed by atoms with E-state index in [4.69, 9.17) is 9.84 Å². The predicted molar refractivity (Wildman–Crippen MR) is 86.7 cm³/mol. The Hall–Kier alpha value is -0.650. The zero-order valence-corrected chi connectivity index (χ0v) is 13.8. The average Bonchev–Trinajstić information content (AvgIpc) is 2.84. The second kappa shape index (κ2) is 10.2. The maximum Gasteiger partial charge on any atom is 0.237 e. The van der Waals surface area contributed by atoms with E-state index in [1.165, 1.54) is 25.7 Å². The molecular formula is C17H32N2O3. The number of rotatable bonds is 8. The number of hydrogen-bond acceptors (Lipinski definition) is 4. The molecule has 1 atom stereocenters. The minimum atomic E-state index is 0.0566. The summed E-state index contributed by atoms with van der Waals surface area (Å²) in [5, 5.41) is 12.0. The van der Waals surface area contributed by atoms with Gasteiger partial charge < -0.3 is 15.2 Å². The smallest absolute Gasteiger partial charge is 0.237 e. The number of ether oxygens (including phenoxy) is 1. The molecule has 0 aromatic carbocycles. The molecule has 1 aliphatic heterocycles. The van der Waals surface area contributed by atoms with Crippen molar-refractivity contribution in [3.8, 4) is 0 Å². The van der Waals surface area contributed by atoms with Crippen molar-refractivity contribution in [3.05, 3.63) is 0 Å². The molecule has 0 bridgehead atoms. The Morgan fingerprint density at radius 3 is 2.59 bits per heavy atom. The van der Waals surface area contributed by atoms with Gasteiger partial charge >= 0.3 is 0 Å². The van der Waals surface area contributed by atoms with Crippen LogP contribution in [-0.4, -0.2) is 60.9 Å². The van der Waals surface area contributed by atoms with E-state index in [2.05, 4.69) is 10.2 Å². The first-order valence-electron chi connectivity index (χ1n) is 9.04. The number of nitrogens with one attached hydrogen (secondary N) is 1. The van der Waals surface area contributed by atoms with E-state index in [0.717, 1.165) is 45.2 Å². The summed E-state index contributed by atoms with van der Waals surface area (Å²) in [6, 6.07) is 0.450. The molecule has 1 aliphatic carbocycles. The first-order chi connectivity index (χ1) is 10.8. The van der Waals surface area contributed by atoms with Crippen molar-refractivity contribution in [1.29, 1.82) is 0 Å². The van der Waals surface area contributed by atoms with E-state index < -0.39 is 0 Å². The Kier molecular flexibility index (Phi) is 8.20. The molecule has 5 heteroatoms. The molecular weight excluding hydrogens is 280 g/mol. The average molecular weight is 312 g/mol. The summed E-state index contributed by atoms with van der Waals surface area (Å²) in [5.41, 5.74) is 0. The molecule has 2 rings (SSSR count). The third-order valence-electron chi connectivity index (χ3n) is 4.84. The van der Waals surface area contributed by atoms with Crippen molar-refractivity contribution >= 4 is 5.91 Å². The van der Waals surface area contributed by atoms with Gasteiger partial charge in [0.2, 0.25) is 5.91 Å². The van der Waals surface area contributed by atoms with Gasteiger partial charge in [-0.2, -0.15) is 0 Å². The number of nitrogens with zero attached hydrogens (tertiary/aromatic N) is 1. The van der Waals surface area contributed by atoms with E-state index in [-0.39, 0.29) is 18.6 Å². The maximum absolute atomic E-state index is 12.6. The van der Waals surface area contributed by atoms with Gasteiger partial charge in [-0.1, -0.05) is 25.7 Å². The zero-order chi connectivity index (χ0) is 15.6. The van der Waals surface area contributed by atoms with Crippen molar-refractivity contribution in [3.63, 3.8) is 0 Å². The molecule has 1 saturated carbocycles. The minimum absolute atomic E-state index is 0.0566. The number of aliphatic hydroxyl groups excluding tert-OH is 1. The normalized spacial score (nSPS) is 24.3. The van der Waals surface area contributed by atoms with Crippen molar-refractivity contribution in [2.45, 2.75) is 69.9 Å². The van der Waals surface area contributed by atoms with E-state index in [1.807, 2.05) is 0 Å². The molecule has 1 unspecified atom stereocenters. The number of likely N-dealkylation sites (tertiary alicyclic amines) is 1. The van der Waals surface area contributed by atoms with Gasteiger partial charge in [-0.25, -0.2) is 0 Å². The van der Waals surface area contributed by atoms with Gasteiger partial charge in [0.25, 0.3) is 0 Å². The van der Waals surface area contributed by atoms with Gasteiger partial charge in [0, 0.05) is 19.2 Å². The monoisotopic (exact) mass is 312 g/mol. The molecule has 1 amide bonds. The summed E-state index contributed by atoms with van der Waals surface area (Å²) in [5.74, 6) is 0.237. The Morgan fingerprint density at radius 2 is 1.86 bits per heavy atom. The van der Waals surface area contributed by atoms with Crippen LogP contribution in [0, 0.1) is 0 Å². The maximum atomic E-state index is 12.6. The summed E-state index contributed by atoms with van der Waals surface area (Å²) in [6.45, 7) is 3.08. The molecule has 1 heterocycles. The van der Waals surface area contributed by atoms with Crippen molar-refractivity contribution in [1.82, 2.24) is 10.2 Å². The number of amides is 1. The van der Waals surface area contributed by atoms with Crippen molar-refractivity contribution in [2.24, 2.45) is 0 Å². The molecule has 0 aromatic heterocycles. The molecule has 5 nitrogen and oxygen atoms in total. The lowest BCUT2D eigenvalue weighted by atomic mass is 10.1. The van der Waals surface area contributed by atoms with Gasteiger partial charge in [0.15, 0.2) is 0 Å². The quantitative estimate of drug-likeness (QED) is 0.529. The molecule has 0 spiro atoms. The van der Waals surface area contributed by atoms with Crippen molar-refractivity contribution < 1.29 is 14.6 Å². The van der Waals surface area contributed by atoms with Crippen LogP contribution in [0.4, 0.5) is 0 Å². The van der Waals surface area contributed by atoms with Crippen LogP contribution in [0.25, 0.3) is 0 Å². The van der Waals surface area contributed by atoms with E-state index in [1.54, 1.807) is 0 Å². The van der Waals surface area contributed by atoms with Crippen LogP contribution >= 0.6 is 0 Å². The molecule has 22 heavy (non-hydrogen) atoms. The van der Waals surface area contributed by atoms with Crippen LogP contribution in [0.2, 0.25) is 0 Å². The largest absolute Gasteiger partial charge is 0.394 e. The number of carbonyl (C=O) groups is 1. The number of hydrogen-bond donors (Lipinski definition) is 2. The number of carbonyl (C=O) groups excluding carboxylic acids is 1. The SMILES string of the molecule is O=C(NC1CCCCCC1)C1CCCN1CCCOCCO. The second-order valence-electron chi connectivity index (χ2n) is 6.58. The van der Waals surface area contributed by atoms with Crippen LogP contribution in [-0.2, 0) is 9.53 Å². The Balaban J connectivity index is 1.70. The molecule has 2 N–H and O–H groups in total. The highest BCUT2D eigenvalue weighted by Crippen LogP contribution is 2.20. The lowest BCUT2D eigenvalue weighted by Gasteiger charge is -2.26. The molecule has 2 fully saturated rings. The van der Waals surface area contributed by atoms with Gasteiger partial charge in [-0.05, 0) is 38.6 Å². The van der Waals surface area contributed by atoms with Crippen LogP contribution in [0.3, 0.4) is 0 Å². The van der Waals surface area contributed by atoms with E-state index >= 15 is 0 Å². The van der Waals surface area contributed by atoms with Gasteiger partial charge in [0.1, 0.15) is 0 Å². The summed E-state index contributed by atoms with van der Waals surface area (Å²) in [6.07, 6.45) is 10.4. The minimum Gasteiger partial charge on any atom is -0.394 e. The third kappa shape index (κ3) is 5.86. The second-order valence-corrected chi connectivity index (χ2v) is 6.58. The number of aliphatic hydroxyl groups is 1. The summed E-state index contributed by atoms with van der Waals surface area (Å²) in [7, 11) is 0. The van der Waals surface area contributed by atoms with Crippen LogP contribution < -0.4 is 5.32 Å². The van der Waals surface area contributed by atoms with Crippen LogP contribution in [0.5, 0.6) is 0 Å². The molecule has 128 valence electrons. The van der Waals surface area contributed by atoms with E-state index in [9.17, 15) is 4.79 Å². The van der Waals surface area contributed by atoms with Gasteiger partial charge in [0.05, 0.1) is 19.3 Å². The van der Waals surface area contributed by atoms with Gasteiger partial charge in [-0.15, -0.1) is 0 Å². The fourth-order valence-corrected chi connectivity index (χ4v) is 3.65. The highest BCUT2D eigenvalue weighted by Gasteiger charge is 2.31. The lowest BCUT2D eigenvalue weighted by Crippen LogP contribution is -2.47. The highest BCUT2D eigenvalue weighted by atomic mass is 16.5. The Morgan fingerprint density at radius 1 is 1.09 bits per heavy atom. The summed E-state index contributed by atoms with van der Waals surface area (Å²) < 4.78 is 5.30. The predicted octanol–water partition coefficient (Wildman–Crippen LogP) is 1.69.